The first-order valence-electron chi connectivity index (χ1n) is 12.7. The van der Waals surface area contributed by atoms with E-state index in [-0.39, 0.29) is 34.1 Å². The third-order valence-corrected chi connectivity index (χ3v) is 7.77. The lowest BCUT2D eigenvalue weighted by Gasteiger charge is -2.25. The lowest BCUT2D eigenvalue weighted by atomic mass is 9.95. The summed E-state index contributed by atoms with van der Waals surface area (Å²) < 4.78 is 17.7. The third kappa shape index (κ3) is 4.32. The van der Waals surface area contributed by atoms with Gasteiger partial charge in [-0.3, -0.25) is 19.0 Å². The van der Waals surface area contributed by atoms with Crippen LogP contribution in [-0.4, -0.2) is 42.7 Å². The molecule has 1 atom stereocenters. The fraction of sp³-hybridized carbons (Fsp3) is 0.276. The van der Waals surface area contributed by atoms with E-state index in [9.17, 15) is 19.2 Å². The zero-order valence-corrected chi connectivity index (χ0v) is 23.5. The summed E-state index contributed by atoms with van der Waals surface area (Å²) in [5, 5.41) is 0. The molecule has 206 valence electrons. The minimum absolute atomic E-state index is 0.129. The topological polar surface area (TPSA) is 117 Å². The van der Waals surface area contributed by atoms with Crippen molar-refractivity contribution in [3.63, 3.8) is 0 Å². The smallest absolute Gasteiger partial charge is 0.338 e. The predicted octanol–water partition coefficient (Wildman–Crippen LogP) is 2.47. The van der Waals surface area contributed by atoms with E-state index >= 15 is 0 Å². The van der Waals surface area contributed by atoms with E-state index in [1.165, 1.54) is 18.6 Å². The highest BCUT2D eigenvalue weighted by molar-refractivity contribution is 7.07. The number of allylic oxidation sites excluding steroid dienone is 1. The molecule has 0 N–H and O–H groups in total. The molecule has 11 heteroatoms. The number of carbonyl (C=O) groups is 3. The van der Waals surface area contributed by atoms with Gasteiger partial charge in [-0.15, -0.1) is 0 Å². The van der Waals surface area contributed by atoms with Crippen LogP contribution >= 0.6 is 11.3 Å². The van der Waals surface area contributed by atoms with E-state index in [0.29, 0.717) is 33.7 Å². The van der Waals surface area contributed by atoms with Gasteiger partial charge in [0.25, 0.3) is 11.5 Å². The van der Waals surface area contributed by atoms with E-state index in [4.69, 9.17) is 14.2 Å². The summed E-state index contributed by atoms with van der Waals surface area (Å²) in [7, 11) is 1.43. The normalized spacial score (nSPS) is 17.3. The number of amides is 1. The molecule has 5 rings (SSSR count). The standard InChI is InChI=1S/C29H27N3O7S/c1-6-31-19-11-9-8-10-18(19)23(26(31)34)25-27(35)32-24(17-12-13-20(39-16(4)33)21(14-17)37-5)22(28(36)38-7-2)15(3)30-29(32)40-25/h8-14,24H,6-7H2,1-5H3/b25-23-/t24-/m0/s1. The summed E-state index contributed by atoms with van der Waals surface area (Å²) in [6, 6.07) is 11.2. The number of fused-ring (bicyclic) bond motifs is 2. The van der Waals surface area contributed by atoms with Gasteiger partial charge in [-0.25, -0.2) is 9.79 Å². The van der Waals surface area contributed by atoms with E-state index in [1.807, 2.05) is 31.2 Å². The molecule has 0 unspecified atom stereocenters. The van der Waals surface area contributed by atoms with Gasteiger partial charge in [0.05, 0.1) is 42.3 Å². The molecule has 0 aliphatic carbocycles. The van der Waals surface area contributed by atoms with E-state index in [2.05, 4.69) is 4.99 Å². The van der Waals surface area contributed by atoms with Gasteiger partial charge in [-0.1, -0.05) is 35.6 Å². The monoisotopic (exact) mass is 561 g/mol. The first-order valence-corrected chi connectivity index (χ1v) is 13.5. The fourth-order valence-corrected chi connectivity index (χ4v) is 6.20. The lowest BCUT2D eigenvalue weighted by molar-refractivity contribution is -0.139. The van der Waals surface area contributed by atoms with Crippen molar-refractivity contribution < 1.29 is 28.6 Å². The molecule has 40 heavy (non-hydrogen) atoms. The van der Waals surface area contributed by atoms with Gasteiger partial charge in [0.15, 0.2) is 16.3 Å². The highest BCUT2D eigenvalue weighted by Crippen LogP contribution is 2.37. The molecule has 2 aliphatic heterocycles. The van der Waals surface area contributed by atoms with Crippen molar-refractivity contribution in [2.75, 3.05) is 25.2 Å². The first-order chi connectivity index (χ1) is 19.2. The number of anilines is 1. The van der Waals surface area contributed by atoms with Gasteiger partial charge in [0.2, 0.25) is 0 Å². The Morgan fingerprint density at radius 1 is 1.07 bits per heavy atom. The van der Waals surface area contributed by atoms with Gasteiger partial charge in [-0.05, 0) is 44.5 Å². The number of benzene rings is 2. The molecule has 1 amide bonds. The van der Waals surface area contributed by atoms with E-state index < -0.39 is 23.5 Å². The van der Waals surface area contributed by atoms with Crippen molar-refractivity contribution >= 4 is 40.4 Å². The lowest BCUT2D eigenvalue weighted by Crippen LogP contribution is -2.41. The molecule has 3 aromatic rings. The Morgan fingerprint density at radius 2 is 1.82 bits per heavy atom. The van der Waals surface area contributed by atoms with Crippen LogP contribution in [-0.2, 0) is 19.1 Å². The molecule has 0 fully saturated rings. The second kappa shape index (κ2) is 10.6. The Kier molecular flexibility index (Phi) is 7.16. The van der Waals surface area contributed by atoms with Gasteiger partial charge >= 0.3 is 11.9 Å². The van der Waals surface area contributed by atoms with Crippen LogP contribution in [0.4, 0.5) is 5.69 Å². The van der Waals surface area contributed by atoms with Gasteiger partial charge in [-0.2, -0.15) is 0 Å². The minimum Gasteiger partial charge on any atom is -0.493 e. The van der Waals surface area contributed by atoms with Crippen molar-refractivity contribution in [2.24, 2.45) is 4.99 Å². The Bertz CT molecular complexity index is 1780. The summed E-state index contributed by atoms with van der Waals surface area (Å²) in [4.78, 5) is 59.1. The second-order valence-corrected chi connectivity index (χ2v) is 10.0. The van der Waals surface area contributed by atoms with Crippen LogP contribution in [0.5, 0.6) is 11.5 Å². The van der Waals surface area contributed by atoms with Crippen LogP contribution in [0, 0.1) is 0 Å². The predicted molar refractivity (Wildman–Crippen MR) is 148 cm³/mol. The molecular formula is C29H27N3O7S. The highest BCUT2D eigenvalue weighted by atomic mass is 32.1. The summed E-state index contributed by atoms with van der Waals surface area (Å²) in [6.07, 6.45) is 0. The van der Waals surface area contributed by atoms with Gasteiger partial charge in [0.1, 0.15) is 4.53 Å². The highest BCUT2D eigenvalue weighted by Gasteiger charge is 2.37. The quantitative estimate of drug-likeness (QED) is 0.335. The number of para-hydroxylation sites is 1. The molecule has 0 bridgehead atoms. The number of carbonyl (C=O) groups excluding carboxylic acids is 3. The van der Waals surface area contributed by atoms with Crippen molar-refractivity contribution in [3.05, 3.63) is 84.5 Å². The molecule has 10 nitrogen and oxygen atoms in total. The molecular weight excluding hydrogens is 534 g/mol. The minimum atomic E-state index is -0.932. The molecule has 2 aliphatic rings. The van der Waals surface area contributed by atoms with Crippen molar-refractivity contribution in [3.8, 4) is 11.5 Å². The maximum absolute atomic E-state index is 14.2. The van der Waals surface area contributed by atoms with Crippen LogP contribution in [0.25, 0.3) is 5.57 Å². The SMILES string of the molecule is CCOC(=O)C1=C(C)N=c2s/c(=C3\C(=O)N(CC)c4ccccc43)c(=O)n2[C@H]1c1ccc(OC(C)=O)c(OC)c1. The number of thiazole rings is 1. The average molecular weight is 562 g/mol. The van der Waals surface area contributed by atoms with Crippen molar-refractivity contribution in [2.45, 2.75) is 33.7 Å². The molecule has 1 aromatic heterocycles. The number of hydrogen-bond donors (Lipinski definition) is 0. The van der Waals surface area contributed by atoms with Gasteiger partial charge < -0.3 is 19.1 Å². The summed E-state index contributed by atoms with van der Waals surface area (Å²) in [5.41, 5.74) is 2.34. The summed E-state index contributed by atoms with van der Waals surface area (Å²) >= 11 is 1.10. The van der Waals surface area contributed by atoms with Crippen LogP contribution in [0.15, 0.2) is 63.5 Å². The number of nitrogens with zero attached hydrogens (tertiary/aromatic N) is 3. The van der Waals surface area contributed by atoms with Crippen LogP contribution < -0.4 is 29.3 Å². The molecule has 0 saturated carbocycles. The van der Waals surface area contributed by atoms with Crippen LogP contribution in [0.2, 0.25) is 0 Å². The average Bonchev–Trinajstić information content (AvgIpc) is 3.39. The first kappa shape index (κ1) is 27.1. The Morgan fingerprint density at radius 3 is 2.50 bits per heavy atom. The maximum atomic E-state index is 14.2. The van der Waals surface area contributed by atoms with Crippen molar-refractivity contribution in [1.29, 1.82) is 0 Å². The number of hydrogen-bond acceptors (Lipinski definition) is 9. The number of aromatic nitrogens is 1. The Hall–Kier alpha value is -4.51. The maximum Gasteiger partial charge on any atom is 0.338 e. The zero-order chi connectivity index (χ0) is 28.7. The molecule has 0 radical (unpaired) electrons. The summed E-state index contributed by atoms with van der Waals surface area (Å²) in [6.45, 7) is 7.10. The number of rotatable bonds is 6. The van der Waals surface area contributed by atoms with Crippen LogP contribution in [0.3, 0.4) is 0 Å². The van der Waals surface area contributed by atoms with Gasteiger partial charge in [0, 0.05) is 19.0 Å². The van der Waals surface area contributed by atoms with Crippen molar-refractivity contribution in [1.82, 2.24) is 4.57 Å². The Balaban J connectivity index is 1.80. The molecule has 3 heterocycles. The molecule has 0 saturated heterocycles. The molecule has 0 spiro atoms. The number of likely N-dealkylation sites (N-methyl/N-ethyl adjacent to an activating group) is 1. The Labute approximate surface area is 233 Å². The second-order valence-electron chi connectivity index (χ2n) is 9.07. The number of methoxy groups -OCH3 is 1. The summed E-state index contributed by atoms with van der Waals surface area (Å²) in [5.74, 6) is -0.965. The number of ether oxygens (including phenoxy) is 3. The number of esters is 2. The molecule has 2 aromatic carbocycles. The third-order valence-electron chi connectivity index (χ3n) is 6.72. The largest absolute Gasteiger partial charge is 0.493 e. The zero-order valence-electron chi connectivity index (χ0n) is 22.6. The fourth-order valence-electron chi connectivity index (χ4n) is 5.06. The van der Waals surface area contributed by atoms with E-state index in [1.54, 1.807) is 36.9 Å². The van der Waals surface area contributed by atoms with Crippen LogP contribution in [0.1, 0.15) is 44.9 Å². The van der Waals surface area contributed by atoms with E-state index in [0.717, 1.165) is 17.0 Å².